The lowest BCUT2D eigenvalue weighted by atomic mass is 9.95. The molecule has 2 aromatic carbocycles. The molecule has 0 saturated heterocycles. The van der Waals surface area contributed by atoms with Crippen LogP contribution in [-0.4, -0.2) is 31.4 Å². The van der Waals surface area contributed by atoms with Crippen molar-refractivity contribution in [1.82, 2.24) is 4.90 Å². The van der Waals surface area contributed by atoms with Gasteiger partial charge < -0.3 is 9.80 Å². The molecule has 1 unspecified atom stereocenters. The summed E-state index contributed by atoms with van der Waals surface area (Å²) in [7, 11) is 4.14. The number of amides is 1. The van der Waals surface area contributed by atoms with Crippen LogP contribution in [0.3, 0.4) is 0 Å². The van der Waals surface area contributed by atoms with Gasteiger partial charge >= 0.3 is 0 Å². The van der Waals surface area contributed by atoms with E-state index in [1.807, 2.05) is 29.2 Å². The van der Waals surface area contributed by atoms with Crippen molar-refractivity contribution in [2.75, 3.05) is 25.5 Å². The Hall–Kier alpha value is -2.20. The molecular formula is C20H23FN2O. The summed E-state index contributed by atoms with van der Waals surface area (Å²) in [5.41, 5.74) is 3.07. The Bertz CT molecular complexity index is 729. The van der Waals surface area contributed by atoms with Crippen LogP contribution >= 0.6 is 0 Å². The van der Waals surface area contributed by atoms with E-state index in [-0.39, 0.29) is 11.7 Å². The second-order valence-corrected chi connectivity index (χ2v) is 6.50. The smallest absolute Gasteiger partial charge is 0.227 e. The van der Waals surface area contributed by atoms with Crippen LogP contribution in [0.4, 0.5) is 10.1 Å². The first-order valence-electron chi connectivity index (χ1n) is 8.36. The Labute approximate surface area is 142 Å². The Morgan fingerprint density at radius 2 is 2.00 bits per heavy atom. The van der Waals surface area contributed by atoms with Gasteiger partial charge in [0.15, 0.2) is 0 Å². The van der Waals surface area contributed by atoms with Gasteiger partial charge in [0, 0.05) is 24.7 Å². The maximum atomic E-state index is 13.3. The topological polar surface area (TPSA) is 23.6 Å². The largest absolute Gasteiger partial charge is 0.312 e. The molecule has 0 spiro atoms. The molecule has 1 heterocycles. The molecular weight excluding hydrogens is 303 g/mol. The third-order valence-electron chi connectivity index (χ3n) is 4.65. The maximum Gasteiger partial charge on any atom is 0.227 e. The number of aryl methyl sites for hydroxylation is 1. The van der Waals surface area contributed by atoms with Crippen molar-refractivity contribution in [3.8, 4) is 0 Å². The molecule has 0 fully saturated rings. The van der Waals surface area contributed by atoms with Gasteiger partial charge in [-0.05, 0) is 56.3 Å². The van der Waals surface area contributed by atoms with E-state index >= 15 is 0 Å². The SMILES string of the molecule is CN(C)C1CCN(C(=O)CCc2cccc(F)c2)c2ccccc21. The number of rotatable bonds is 4. The Balaban J connectivity index is 1.74. The lowest BCUT2D eigenvalue weighted by molar-refractivity contribution is -0.118. The quantitative estimate of drug-likeness (QED) is 0.853. The van der Waals surface area contributed by atoms with Crippen molar-refractivity contribution < 1.29 is 9.18 Å². The number of anilines is 1. The second kappa shape index (κ2) is 7.14. The van der Waals surface area contributed by atoms with Crippen molar-refractivity contribution in [3.05, 3.63) is 65.5 Å². The van der Waals surface area contributed by atoms with E-state index in [1.165, 1.54) is 17.7 Å². The van der Waals surface area contributed by atoms with Crippen LogP contribution in [-0.2, 0) is 11.2 Å². The normalized spacial score (nSPS) is 17.0. The van der Waals surface area contributed by atoms with E-state index in [1.54, 1.807) is 6.07 Å². The van der Waals surface area contributed by atoms with Crippen LogP contribution in [0.1, 0.15) is 30.0 Å². The Kier molecular flexibility index (Phi) is 4.95. The van der Waals surface area contributed by atoms with Gasteiger partial charge in [-0.25, -0.2) is 4.39 Å². The van der Waals surface area contributed by atoms with Crippen LogP contribution < -0.4 is 4.90 Å². The first kappa shape index (κ1) is 16.7. The van der Waals surface area contributed by atoms with Crippen LogP contribution in [0.2, 0.25) is 0 Å². The molecule has 126 valence electrons. The summed E-state index contributed by atoms with van der Waals surface area (Å²) < 4.78 is 13.3. The van der Waals surface area contributed by atoms with Crippen LogP contribution in [0.15, 0.2) is 48.5 Å². The molecule has 0 bridgehead atoms. The van der Waals surface area contributed by atoms with Gasteiger partial charge in [0.1, 0.15) is 5.82 Å². The number of hydrogen-bond acceptors (Lipinski definition) is 2. The van der Waals surface area contributed by atoms with E-state index in [4.69, 9.17) is 0 Å². The molecule has 0 saturated carbocycles. The summed E-state index contributed by atoms with van der Waals surface area (Å²) in [6.07, 6.45) is 1.88. The van der Waals surface area contributed by atoms with Crippen molar-refractivity contribution >= 4 is 11.6 Å². The number of para-hydroxylation sites is 1. The maximum absolute atomic E-state index is 13.3. The third kappa shape index (κ3) is 3.49. The van der Waals surface area contributed by atoms with Gasteiger partial charge in [-0.3, -0.25) is 4.79 Å². The molecule has 2 aromatic rings. The zero-order valence-corrected chi connectivity index (χ0v) is 14.2. The predicted molar refractivity (Wildman–Crippen MR) is 94.6 cm³/mol. The molecule has 0 radical (unpaired) electrons. The molecule has 1 aliphatic rings. The van der Waals surface area contributed by atoms with Crippen LogP contribution in [0.25, 0.3) is 0 Å². The summed E-state index contributed by atoms with van der Waals surface area (Å²) in [6.45, 7) is 0.724. The fourth-order valence-electron chi connectivity index (χ4n) is 3.42. The molecule has 24 heavy (non-hydrogen) atoms. The highest BCUT2D eigenvalue weighted by atomic mass is 19.1. The summed E-state index contributed by atoms with van der Waals surface area (Å²) in [4.78, 5) is 16.8. The minimum absolute atomic E-state index is 0.101. The third-order valence-corrected chi connectivity index (χ3v) is 4.65. The fraction of sp³-hybridized carbons (Fsp3) is 0.350. The number of hydrogen-bond donors (Lipinski definition) is 0. The first-order chi connectivity index (χ1) is 11.6. The molecule has 0 aliphatic carbocycles. The zero-order valence-electron chi connectivity index (χ0n) is 14.2. The Morgan fingerprint density at radius 3 is 2.75 bits per heavy atom. The van der Waals surface area contributed by atoms with E-state index in [9.17, 15) is 9.18 Å². The van der Waals surface area contributed by atoms with Gasteiger partial charge in [-0.2, -0.15) is 0 Å². The van der Waals surface area contributed by atoms with Crippen molar-refractivity contribution in [1.29, 1.82) is 0 Å². The standard InChI is InChI=1S/C20H23FN2O/c1-22(2)18-12-13-23(19-9-4-3-8-17(18)19)20(24)11-10-15-6-5-7-16(21)14-15/h3-9,14,18H,10-13H2,1-2H3. The summed E-state index contributed by atoms with van der Waals surface area (Å²) in [6, 6.07) is 14.9. The first-order valence-corrected chi connectivity index (χ1v) is 8.36. The minimum Gasteiger partial charge on any atom is -0.312 e. The Morgan fingerprint density at radius 1 is 1.21 bits per heavy atom. The zero-order chi connectivity index (χ0) is 17.1. The molecule has 1 amide bonds. The van der Waals surface area contributed by atoms with Crippen molar-refractivity contribution in [2.24, 2.45) is 0 Å². The van der Waals surface area contributed by atoms with Crippen molar-refractivity contribution in [2.45, 2.75) is 25.3 Å². The monoisotopic (exact) mass is 326 g/mol. The lowest BCUT2D eigenvalue weighted by Crippen LogP contribution is -2.39. The van der Waals surface area contributed by atoms with Gasteiger partial charge in [0.05, 0.1) is 0 Å². The van der Waals surface area contributed by atoms with E-state index in [0.717, 1.165) is 24.2 Å². The number of fused-ring (bicyclic) bond motifs is 1. The second-order valence-electron chi connectivity index (χ2n) is 6.50. The summed E-state index contributed by atoms with van der Waals surface area (Å²) in [5, 5.41) is 0. The highest BCUT2D eigenvalue weighted by Gasteiger charge is 2.29. The minimum atomic E-state index is -0.253. The number of nitrogens with zero attached hydrogens (tertiary/aromatic N) is 2. The number of carbonyl (C=O) groups excluding carboxylic acids is 1. The molecule has 3 nitrogen and oxygen atoms in total. The van der Waals surface area contributed by atoms with E-state index < -0.39 is 0 Å². The average molecular weight is 326 g/mol. The number of benzene rings is 2. The van der Waals surface area contributed by atoms with Crippen molar-refractivity contribution in [3.63, 3.8) is 0 Å². The molecule has 4 heteroatoms. The van der Waals surface area contributed by atoms with Crippen LogP contribution in [0.5, 0.6) is 0 Å². The molecule has 0 aromatic heterocycles. The highest BCUT2D eigenvalue weighted by molar-refractivity contribution is 5.94. The molecule has 1 atom stereocenters. The van der Waals surface area contributed by atoms with Gasteiger partial charge in [-0.1, -0.05) is 30.3 Å². The lowest BCUT2D eigenvalue weighted by Gasteiger charge is -2.37. The summed E-state index contributed by atoms with van der Waals surface area (Å²) in [5.74, 6) is -0.152. The highest BCUT2D eigenvalue weighted by Crippen LogP contribution is 2.36. The van der Waals surface area contributed by atoms with Gasteiger partial charge in [0.2, 0.25) is 5.91 Å². The van der Waals surface area contributed by atoms with E-state index in [2.05, 4.69) is 25.1 Å². The number of halogens is 1. The molecule has 3 rings (SSSR count). The molecule has 0 N–H and O–H groups in total. The van der Waals surface area contributed by atoms with E-state index in [0.29, 0.717) is 18.9 Å². The van der Waals surface area contributed by atoms with Gasteiger partial charge in [0.25, 0.3) is 0 Å². The van der Waals surface area contributed by atoms with Crippen LogP contribution in [0, 0.1) is 5.82 Å². The average Bonchev–Trinajstić information content (AvgIpc) is 2.58. The fourth-order valence-corrected chi connectivity index (χ4v) is 3.42. The summed E-state index contributed by atoms with van der Waals surface area (Å²) >= 11 is 0. The molecule has 1 aliphatic heterocycles. The predicted octanol–water partition coefficient (Wildman–Crippen LogP) is 3.80. The van der Waals surface area contributed by atoms with Gasteiger partial charge in [-0.15, -0.1) is 0 Å². The number of carbonyl (C=O) groups is 1.